The molecule has 0 saturated carbocycles. The van der Waals surface area contributed by atoms with Crippen LogP contribution in [0.15, 0.2) is 41.1 Å². The first kappa shape index (κ1) is 8.97. The summed E-state index contributed by atoms with van der Waals surface area (Å²) in [5.74, 6) is 0.828. The summed E-state index contributed by atoms with van der Waals surface area (Å²) in [6.45, 7) is 1.91. The minimum absolute atomic E-state index is 0.0272. The third kappa shape index (κ3) is 1.67. The highest BCUT2D eigenvalue weighted by Gasteiger charge is 2.03. The van der Waals surface area contributed by atoms with Crippen LogP contribution in [0.5, 0.6) is 0 Å². The first-order chi connectivity index (χ1) is 6.77. The minimum Gasteiger partial charge on any atom is -0.464 e. The Morgan fingerprint density at radius 3 is 2.71 bits per heavy atom. The molecule has 0 spiro atoms. The lowest BCUT2D eigenvalue weighted by Crippen LogP contribution is -2.06. The molecule has 72 valence electrons. The van der Waals surface area contributed by atoms with E-state index in [1.165, 1.54) is 0 Å². The molecule has 0 fully saturated rings. The molecule has 0 aromatic carbocycles. The Labute approximate surface area is 82.6 Å². The SMILES string of the molecule is CC(N)c1ccc(-c2ccco2)cn1. The number of aromatic nitrogens is 1. The molecule has 2 aromatic rings. The summed E-state index contributed by atoms with van der Waals surface area (Å²) in [4.78, 5) is 4.25. The van der Waals surface area contributed by atoms with Crippen LogP contribution in [0.25, 0.3) is 11.3 Å². The van der Waals surface area contributed by atoms with Gasteiger partial charge in [-0.2, -0.15) is 0 Å². The molecule has 0 aliphatic rings. The van der Waals surface area contributed by atoms with Gasteiger partial charge in [0.2, 0.25) is 0 Å². The van der Waals surface area contributed by atoms with E-state index in [1.807, 2.05) is 31.2 Å². The second-order valence-electron chi connectivity index (χ2n) is 3.24. The number of furan rings is 1. The fraction of sp³-hybridized carbons (Fsp3) is 0.182. The first-order valence-electron chi connectivity index (χ1n) is 4.53. The molecule has 0 bridgehead atoms. The highest BCUT2D eigenvalue weighted by molar-refractivity contribution is 5.55. The van der Waals surface area contributed by atoms with Crippen molar-refractivity contribution < 1.29 is 4.42 Å². The van der Waals surface area contributed by atoms with Gasteiger partial charge in [0.25, 0.3) is 0 Å². The van der Waals surface area contributed by atoms with Gasteiger partial charge in [-0.3, -0.25) is 4.98 Å². The summed E-state index contributed by atoms with van der Waals surface area (Å²) in [7, 11) is 0. The maximum atomic E-state index is 5.70. The van der Waals surface area contributed by atoms with Crippen LogP contribution in [-0.2, 0) is 0 Å². The Kier molecular flexibility index (Phi) is 2.33. The predicted molar refractivity (Wildman–Crippen MR) is 54.5 cm³/mol. The Bertz CT molecular complexity index is 390. The van der Waals surface area contributed by atoms with Gasteiger partial charge in [-0.15, -0.1) is 0 Å². The zero-order valence-corrected chi connectivity index (χ0v) is 7.97. The van der Waals surface area contributed by atoms with Crippen molar-refractivity contribution in [3.05, 3.63) is 42.4 Å². The Morgan fingerprint density at radius 2 is 2.21 bits per heavy atom. The second-order valence-corrected chi connectivity index (χ2v) is 3.24. The second kappa shape index (κ2) is 3.64. The summed E-state index contributed by atoms with van der Waals surface area (Å²) in [6, 6.07) is 7.62. The van der Waals surface area contributed by atoms with Crippen molar-refractivity contribution in [2.24, 2.45) is 5.73 Å². The zero-order chi connectivity index (χ0) is 9.97. The number of rotatable bonds is 2. The van der Waals surface area contributed by atoms with Crippen molar-refractivity contribution in [3.63, 3.8) is 0 Å². The van der Waals surface area contributed by atoms with Gasteiger partial charge in [-0.05, 0) is 31.2 Å². The van der Waals surface area contributed by atoms with Gasteiger partial charge in [0.15, 0.2) is 0 Å². The number of nitrogens with two attached hydrogens (primary N) is 1. The van der Waals surface area contributed by atoms with Crippen molar-refractivity contribution in [3.8, 4) is 11.3 Å². The van der Waals surface area contributed by atoms with Gasteiger partial charge in [0.1, 0.15) is 5.76 Å². The van der Waals surface area contributed by atoms with E-state index >= 15 is 0 Å². The number of hydrogen-bond donors (Lipinski definition) is 1. The topological polar surface area (TPSA) is 52.0 Å². The van der Waals surface area contributed by atoms with E-state index < -0.39 is 0 Å². The maximum Gasteiger partial charge on any atom is 0.135 e. The lowest BCUT2D eigenvalue weighted by molar-refractivity contribution is 0.582. The molecule has 0 saturated heterocycles. The average molecular weight is 188 g/mol. The highest BCUT2D eigenvalue weighted by Crippen LogP contribution is 2.19. The predicted octanol–water partition coefficient (Wildman–Crippen LogP) is 2.36. The summed E-state index contributed by atoms with van der Waals surface area (Å²) in [6.07, 6.45) is 3.42. The number of pyridine rings is 1. The monoisotopic (exact) mass is 188 g/mol. The smallest absolute Gasteiger partial charge is 0.135 e. The molecule has 1 unspecified atom stereocenters. The fourth-order valence-corrected chi connectivity index (χ4v) is 1.26. The van der Waals surface area contributed by atoms with Gasteiger partial charge in [0, 0.05) is 17.8 Å². The van der Waals surface area contributed by atoms with E-state index in [1.54, 1.807) is 12.5 Å². The van der Waals surface area contributed by atoms with Gasteiger partial charge < -0.3 is 10.2 Å². The highest BCUT2D eigenvalue weighted by atomic mass is 16.3. The molecule has 1 atom stereocenters. The minimum atomic E-state index is -0.0272. The molecule has 14 heavy (non-hydrogen) atoms. The number of nitrogens with zero attached hydrogens (tertiary/aromatic N) is 1. The van der Waals surface area contributed by atoms with Gasteiger partial charge in [0.05, 0.1) is 12.0 Å². The van der Waals surface area contributed by atoms with Gasteiger partial charge in [-0.25, -0.2) is 0 Å². The van der Waals surface area contributed by atoms with Crippen LogP contribution in [0.1, 0.15) is 18.7 Å². The maximum absolute atomic E-state index is 5.70. The third-order valence-electron chi connectivity index (χ3n) is 2.06. The molecular weight excluding hydrogens is 176 g/mol. The molecule has 0 radical (unpaired) electrons. The van der Waals surface area contributed by atoms with Crippen molar-refractivity contribution >= 4 is 0 Å². The Morgan fingerprint density at radius 1 is 1.36 bits per heavy atom. The van der Waals surface area contributed by atoms with E-state index in [2.05, 4.69) is 4.98 Å². The zero-order valence-electron chi connectivity index (χ0n) is 7.97. The third-order valence-corrected chi connectivity index (χ3v) is 2.06. The van der Waals surface area contributed by atoms with Gasteiger partial charge in [-0.1, -0.05) is 0 Å². The first-order valence-corrected chi connectivity index (χ1v) is 4.53. The standard InChI is InChI=1S/C11H12N2O/c1-8(12)10-5-4-9(7-13-10)11-3-2-6-14-11/h2-8H,12H2,1H3. The summed E-state index contributed by atoms with van der Waals surface area (Å²) in [5.41, 5.74) is 7.56. The summed E-state index contributed by atoms with van der Waals surface area (Å²) < 4.78 is 5.25. The van der Waals surface area contributed by atoms with Crippen molar-refractivity contribution in [1.29, 1.82) is 0 Å². The fourth-order valence-electron chi connectivity index (χ4n) is 1.26. The molecule has 2 aromatic heterocycles. The average Bonchev–Trinajstić information content (AvgIpc) is 2.71. The van der Waals surface area contributed by atoms with Crippen LogP contribution in [0.3, 0.4) is 0 Å². The van der Waals surface area contributed by atoms with E-state index in [9.17, 15) is 0 Å². The largest absolute Gasteiger partial charge is 0.464 e. The van der Waals surface area contributed by atoms with E-state index in [4.69, 9.17) is 10.2 Å². The quantitative estimate of drug-likeness (QED) is 0.787. The molecule has 0 amide bonds. The molecule has 3 nitrogen and oxygen atoms in total. The van der Waals surface area contributed by atoms with Gasteiger partial charge >= 0.3 is 0 Å². The molecule has 0 aliphatic carbocycles. The lowest BCUT2D eigenvalue weighted by atomic mass is 10.1. The summed E-state index contributed by atoms with van der Waals surface area (Å²) >= 11 is 0. The Balaban J connectivity index is 2.31. The van der Waals surface area contributed by atoms with Crippen molar-refractivity contribution in [2.45, 2.75) is 13.0 Å². The normalized spacial score (nSPS) is 12.7. The molecule has 3 heteroatoms. The molecule has 2 heterocycles. The lowest BCUT2D eigenvalue weighted by Gasteiger charge is -2.04. The van der Waals surface area contributed by atoms with Crippen molar-refractivity contribution in [2.75, 3.05) is 0 Å². The molecular formula is C11H12N2O. The van der Waals surface area contributed by atoms with Crippen LogP contribution in [0.2, 0.25) is 0 Å². The van der Waals surface area contributed by atoms with Crippen molar-refractivity contribution in [1.82, 2.24) is 4.98 Å². The number of hydrogen-bond acceptors (Lipinski definition) is 3. The van der Waals surface area contributed by atoms with E-state index in [0.717, 1.165) is 17.0 Å². The molecule has 0 aliphatic heterocycles. The molecule has 2 rings (SSSR count). The van der Waals surface area contributed by atoms with Crippen LogP contribution in [0, 0.1) is 0 Å². The Hall–Kier alpha value is -1.61. The molecule has 2 N–H and O–H groups in total. The van der Waals surface area contributed by atoms with Crippen LogP contribution < -0.4 is 5.73 Å². The van der Waals surface area contributed by atoms with E-state index in [0.29, 0.717) is 0 Å². The van der Waals surface area contributed by atoms with Crippen LogP contribution >= 0.6 is 0 Å². The van der Waals surface area contributed by atoms with Crippen LogP contribution in [0.4, 0.5) is 0 Å². The van der Waals surface area contributed by atoms with E-state index in [-0.39, 0.29) is 6.04 Å². The van der Waals surface area contributed by atoms with Crippen LogP contribution in [-0.4, -0.2) is 4.98 Å². The summed E-state index contributed by atoms with van der Waals surface area (Å²) in [5, 5.41) is 0.